The second-order valence-electron chi connectivity index (χ2n) is 5.98. The lowest BCUT2D eigenvalue weighted by molar-refractivity contribution is 0.0771. The van der Waals surface area contributed by atoms with Crippen LogP contribution < -0.4 is 5.56 Å². The first kappa shape index (κ1) is 15.3. The van der Waals surface area contributed by atoms with Gasteiger partial charge in [0.05, 0.1) is 0 Å². The Labute approximate surface area is 135 Å². The highest BCUT2D eigenvalue weighted by atomic mass is 16.2. The van der Waals surface area contributed by atoms with E-state index in [-0.39, 0.29) is 17.0 Å². The van der Waals surface area contributed by atoms with Gasteiger partial charge in [-0.05, 0) is 43.5 Å². The van der Waals surface area contributed by atoms with E-state index in [1.54, 1.807) is 24.0 Å². The van der Waals surface area contributed by atoms with Crippen molar-refractivity contribution < 1.29 is 4.79 Å². The normalized spacial score (nSPS) is 14.5. The number of pyridine rings is 1. The molecule has 1 aliphatic rings. The van der Waals surface area contributed by atoms with E-state index in [2.05, 4.69) is 42.2 Å². The number of hydrogen-bond acceptors (Lipinski definition) is 2. The molecule has 0 spiro atoms. The van der Waals surface area contributed by atoms with Crippen molar-refractivity contribution in [3.8, 4) is 0 Å². The van der Waals surface area contributed by atoms with Crippen LogP contribution in [0.25, 0.3) is 5.57 Å². The number of nitrogens with one attached hydrogen (secondary N) is 1. The molecule has 1 aliphatic heterocycles. The SMILES string of the molecule is Cc1ccc(C2=CCN(C(=O)c3ccc(C)[nH]c3=O)CC2)cc1. The maximum atomic E-state index is 12.5. The predicted octanol–water partition coefficient (Wildman–Crippen LogP) is 2.92. The minimum Gasteiger partial charge on any atom is -0.334 e. The number of hydrogen-bond donors (Lipinski definition) is 1. The Morgan fingerprint density at radius 2 is 1.83 bits per heavy atom. The Morgan fingerprint density at radius 1 is 1.09 bits per heavy atom. The topological polar surface area (TPSA) is 53.2 Å². The van der Waals surface area contributed by atoms with E-state index in [1.807, 2.05) is 0 Å². The molecule has 1 aromatic heterocycles. The number of aryl methyl sites for hydroxylation is 2. The van der Waals surface area contributed by atoms with Crippen LogP contribution in [-0.4, -0.2) is 28.9 Å². The van der Waals surface area contributed by atoms with Gasteiger partial charge in [-0.1, -0.05) is 35.9 Å². The van der Waals surface area contributed by atoms with Crippen molar-refractivity contribution in [2.75, 3.05) is 13.1 Å². The van der Waals surface area contributed by atoms with Gasteiger partial charge < -0.3 is 9.88 Å². The Kier molecular flexibility index (Phi) is 4.15. The van der Waals surface area contributed by atoms with Gasteiger partial charge in [-0.25, -0.2) is 0 Å². The van der Waals surface area contributed by atoms with Crippen molar-refractivity contribution in [1.29, 1.82) is 0 Å². The molecule has 0 fully saturated rings. The van der Waals surface area contributed by atoms with E-state index in [0.29, 0.717) is 13.1 Å². The minimum atomic E-state index is -0.316. The van der Waals surface area contributed by atoms with E-state index in [9.17, 15) is 9.59 Å². The van der Waals surface area contributed by atoms with Gasteiger partial charge in [0, 0.05) is 18.8 Å². The molecule has 0 saturated carbocycles. The predicted molar refractivity (Wildman–Crippen MR) is 91.5 cm³/mol. The summed E-state index contributed by atoms with van der Waals surface area (Å²) in [5, 5.41) is 0. The van der Waals surface area contributed by atoms with Gasteiger partial charge in [0.1, 0.15) is 5.56 Å². The molecule has 0 radical (unpaired) electrons. The maximum absolute atomic E-state index is 12.5. The number of amides is 1. The van der Waals surface area contributed by atoms with Crippen LogP contribution in [0.2, 0.25) is 0 Å². The van der Waals surface area contributed by atoms with Gasteiger partial charge in [-0.15, -0.1) is 0 Å². The highest BCUT2D eigenvalue weighted by molar-refractivity contribution is 5.94. The van der Waals surface area contributed by atoms with Gasteiger partial charge in [0.15, 0.2) is 0 Å². The standard InChI is InChI=1S/C19H20N2O2/c1-13-3-6-15(7-4-13)16-9-11-21(12-10-16)19(23)17-8-5-14(2)20-18(17)22/h3-9H,10-12H2,1-2H3,(H,20,22). The quantitative estimate of drug-likeness (QED) is 0.927. The molecule has 0 aliphatic carbocycles. The summed E-state index contributed by atoms with van der Waals surface area (Å²) in [6.07, 6.45) is 2.88. The molecule has 1 N–H and O–H groups in total. The second-order valence-corrected chi connectivity index (χ2v) is 5.98. The van der Waals surface area contributed by atoms with E-state index < -0.39 is 0 Å². The van der Waals surface area contributed by atoms with Gasteiger partial charge in [0.2, 0.25) is 0 Å². The molecular weight excluding hydrogens is 288 g/mol. The van der Waals surface area contributed by atoms with E-state index in [0.717, 1.165) is 12.1 Å². The maximum Gasteiger partial charge on any atom is 0.260 e. The van der Waals surface area contributed by atoms with Gasteiger partial charge in [-0.2, -0.15) is 0 Å². The molecule has 118 valence electrons. The van der Waals surface area contributed by atoms with E-state index in [4.69, 9.17) is 0 Å². The van der Waals surface area contributed by atoms with Crippen LogP contribution in [-0.2, 0) is 0 Å². The van der Waals surface area contributed by atoms with Gasteiger partial charge in [-0.3, -0.25) is 9.59 Å². The summed E-state index contributed by atoms with van der Waals surface area (Å²) in [6, 6.07) is 11.8. The third-order valence-electron chi connectivity index (χ3n) is 4.20. The van der Waals surface area contributed by atoms with Crippen LogP contribution >= 0.6 is 0 Å². The number of benzene rings is 1. The summed E-state index contributed by atoms with van der Waals surface area (Å²) in [5.74, 6) is -0.203. The molecular formula is C19H20N2O2. The molecule has 2 heterocycles. The first-order valence-electron chi connectivity index (χ1n) is 7.80. The number of rotatable bonds is 2. The van der Waals surface area contributed by atoms with Gasteiger partial charge in [0.25, 0.3) is 11.5 Å². The Balaban J connectivity index is 1.76. The number of H-pyrrole nitrogens is 1. The molecule has 1 aromatic carbocycles. The van der Waals surface area contributed by atoms with Crippen molar-refractivity contribution in [2.24, 2.45) is 0 Å². The molecule has 23 heavy (non-hydrogen) atoms. The average Bonchev–Trinajstić information content (AvgIpc) is 2.55. The Hall–Kier alpha value is -2.62. The largest absolute Gasteiger partial charge is 0.334 e. The lowest BCUT2D eigenvalue weighted by Gasteiger charge is -2.26. The second kappa shape index (κ2) is 6.24. The molecule has 0 unspecified atom stereocenters. The molecule has 0 saturated heterocycles. The van der Waals surface area contributed by atoms with Crippen LogP contribution in [0.1, 0.15) is 33.6 Å². The third-order valence-corrected chi connectivity index (χ3v) is 4.20. The van der Waals surface area contributed by atoms with Crippen molar-refractivity contribution in [1.82, 2.24) is 9.88 Å². The molecule has 4 heteroatoms. The lowest BCUT2D eigenvalue weighted by Crippen LogP contribution is -2.37. The summed E-state index contributed by atoms with van der Waals surface area (Å²) in [5.41, 5.74) is 4.35. The lowest BCUT2D eigenvalue weighted by atomic mass is 9.98. The number of carbonyl (C=O) groups is 1. The summed E-state index contributed by atoms with van der Waals surface area (Å²) < 4.78 is 0. The zero-order valence-corrected chi connectivity index (χ0v) is 13.4. The summed E-state index contributed by atoms with van der Waals surface area (Å²) in [4.78, 5) is 28.8. The molecule has 4 nitrogen and oxygen atoms in total. The van der Waals surface area contributed by atoms with Gasteiger partial charge >= 0.3 is 0 Å². The molecule has 0 atom stereocenters. The molecule has 1 amide bonds. The van der Waals surface area contributed by atoms with Crippen molar-refractivity contribution in [2.45, 2.75) is 20.3 Å². The zero-order valence-electron chi connectivity index (χ0n) is 13.4. The van der Waals surface area contributed by atoms with Crippen LogP contribution in [0.3, 0.4) is 0 Å². The first-order valence-corrected chi connectivity index (χ1v) is 7.80. The van der Waals surface area contributed by atoms with E-state index >= 15 is 0 Å². The first-order chi connectivity index (χ1) is 11.0. The summed E-state index contributed by atoms with van der Waals surface area (Å²) >= 11 is 0. The highest BCUT2D eigenvalue weighted by Gasteiger charge is 2.21. The monoisotopic (exact) mass is 308 g/mol. The van der Waals surface area contributed by atoms with Crippen molar-refractivity contribution in [3.05, 3.63) is 75.2 Å². The smallest absolute Gasteiger partial charge is 0.260 e. The third kappa shape index (κ3) is 3.26. The molecule has 3 rings (SSSR count). The Morgan fingerprint density at radius 3 is 2.43 bits per heavy atom. The number of aromatic amines is 1. The number of carbonyl (C=O) groups excluding carboxylic acids is 1. The highest BCUT2D eigenvalue weighted by Crippen LogP contribution is 2.23. The van der Waals surface area contributed by atoms with Crippen LogP contribution in [0.15, 0.2) is 47.3 Å². The van der Waals surface area contributed by atoms with Crippen LogP contribution in [0, 0.1) is 13.8 Å². The molecule has 0 bridgehead atoms. The number of aromatic nitrogens is 1. The summed E-state index contributed by atoms with van der Waals surface area (Å²) in [7, 11) is 0. The van der Waals surface area contributed by atoms with E-state index in [1.165, 1.54) is 16.7 Å². The fraction of sp³-hybridized carbons (Fsp3) is 0.263. The molecule has 2 aromatic rings. The number of nitrogens with zero attached hydrogens (tertiary/aromatic N) is 1. The van der Waals surface area contributed by atoms with Crippen LogP contribution in [0.4, 0.5) is 0 Å². The summed E-state index contributed by atoms with van der Waals surface area (Å²) in [6.45, 7) is 5.03. The zero-order chi connectivity index (χ0) is 16.4. The fourth-order valence-electron chi connectivity index (χ4n) is 2.79. The van der Waals surface area contributed by atoms with Crippen molar-refractivity contribution in [3.63, 3.8) is 0 Å². The van der Waals surface area contributed by atoms with Crippen LogP contribution in [0.5, 0.6) is 0 Å². The minimum absolute atomic E-state index is 0.203. The average molecular weight is 308 g/mol. The fourth-order valence-corrected chi connectivity index (χ4v) is 2.79. The Bertz CT molecular complexity index is 816. The van der Waals surface area contributed by atoms with Crippen molar-refractivity contribution >= 4 is 11.5 Å².